The van der Waals surface area contributed by atoms with E-state index in [1.807, 2.05) is 0 Å². The largest absolute Gasteiger partial charge is 0.351 e. The van der Waals surface area contributed by atoms with Crippen molar-refractivity contribution < 1.29 is 22.8 Å². The first-order valence-electron chi connectivity index (χ1n) is 8.49. The molecule has 0 radical (unpaired) electrons. The lowest BCUT2D eigenvalue weighted by Crippen LogP contribution is -2.43. The smallest absolute Gasteiger partial charge is 0.314 e. The zero-order chi connectivity index (χ0) is 19.0. The van der Waals surface area contributed by atoms with Crippen molar-refractivity contribution in [3.05, 3.63) is 35.1 Å². The van der Waals surface area contributed by atoms with E-state index in [2.05, 4.69) is 0 Å². The van der Waals surface area contributed by atoms with Gasteiger partial charge in [0.15, 0.2) is 11.6 Å². The van der Waals surface area contributed by atoms with Gasteiger partial charge in [0.05, 0.1) is 6.04 Å². The van der Waals surface area contributed by atoms with E-state index < -0.39 is 29.5 Å². The Bertz CT molecular complexity index is 730. The van der Waals surface area contributed by atoms with Crippen LogP contribution in [0.1, 0.15) is 18.4 Å². The Morgan fingerprint density at radius 3 is 2.54 bits per heavy atom. The van der Waals surface area contributed by atoms with Crippen LogP contribution in [0.2, 0.25) is 0 Å². The van der Waals surface area contributed by atoms with Crippen molar-refractivity contribution >= 4 is 11.9 Å². The lowest BCUT2D eigenvalue weighted by atomic mass is 10.0. The topological polar surface area (TPSA) is 92.7 Å². The monoisotopic (exact) mass is 370 g/mol. The molecule has 2 aliphatic rings. The number of amides is 3. The van der Waals surface area contributed by atoms with Crippen molar-refractivity contribution in [2.24, 2.45) is 17.4 Å². The average molecular weight is 370 g/mol. The van der Waals surface area contributed by atoms with E-state index in [-0.39, 0.29) is 36.3 Å². The van der Waals surface area contributed by atoms with Gasteiger partial charge in [-0.3, -0.25) is 4.79 Å². The number of carbonyl (C=O) groups excluding carboxylic acids is 2. The number of primary amides is 1. The Hall–Kier alpha value is -2.29. The summed E-state index contributed by atoms with van der Waals surface area (Å²) in [5.74, 6) is -3.30. The highest BCUT2D eigenvalue weighted by Crippen LogP contribution is 2.32. The molecule has 3 amide bonds. The van der Waals surface area contributed by atoms with Crippen LogP contribution in [-0.4, -0.2) is 53.5 Å². The number of nitrogens with zero attached hydrogens (tertiary/aromatic N) is 2. The summed E-state index contributed by atoms with van der Waals surface area (Å²) in [6.07, 6.45) is 0.662. The normalized spacial score (nSPS) is 23.2. The molecule has 3 rings (SSSR count). The molecule has 2 aliphatic heterocycles. The second kappa shape index (κ2) is 7.14. The molecule has 1 aromatic rings. The Balaban J connectivity index is 1.60. The van der Waals surface area contributed by atoms with Crippen LogP contribution in [0.4, 0.5) is 18.0 Å². The minimum Gasteiger partial charge on any atom is -0.351 e. The summed E-state index contributed by atoms with van der Waals surface area (Å²) in [6.45, 7) is 1.52. The number of fused-ring (bicyclic) bond motifs is 1. The molecular weight excluding hydrogens is 349 g/mol. The molecule has 142 valence electrons. The summed E-state index contributed by atoms with van der Waals surface area (Å²) in [6, 6.07) is -0.0711. The van der Waals surface area contributed by atoms with Gasteiger partial charge in [-0.15, -0.1) is 0 Å². The number of carbonyl (C=O) groups is 2. The predicted molar refractivity (Wildman–Crippen MR) is 87.4 cm³/mol. The molecule has 26 heavy (non-hydrogen) atoms. The highest BCUT2D eigenvalue weighted by atomic mass is 19.2. The van der Waals surface area contributed by atoms with Crippen LogP contribution in [0.15, 0.2) is 12.1 Å². The molecule has 0 aromatic heterocycles. The number of urea groups is 1. The first kappa shape index (κ1) is 18.5. The summed E-state index contributed by atoms with van der Waals surface area (Å²) in [7, 11) is 0. The molecule has 9 heteroatoms. The maximum Gasteiger partial charge on any atom is 0.314 e. The number of rotatable bonds is 4. The van der Waals surface area contributed by atoms with Crippen LogP contribution < -0.4 is 11.5 Å². The van der Waals surface area contributed by atoms with Gasteiger partial charge < -0.3 is 21.3 Å². The molecule has 2 heterocycles. The number of likely N-dealkylation sites (tertiary alicyclic amines) is 2. The van der Waals surface area contributed by atoms with Gasteiger partial charge in [-0.2, -0.15) is 0 Å². The zero-order valence-electron chi connectivity index (χ0n) is 14.1. The van der Waals surface area contributed by atoms with Crippen LogP contribution in [0.25, 0.3) is 0 Å². The molecule has 0 bridgehead atoms. The van der Waals surface area contributed by atoms with E-state index in [0.29, 0.717) is 25.7 Å². The van der Waals surface area contributed by atoms with E-state index in [1.165, 1.54) is 4.90 Å². The van der Waals surface area contributed by atoms with Gasteiger partial charge >= 0.3 is 6.03 Å². The van der Waals surface area contributed by atoms with Crippen molar-refractivity contribution in [3.8, 4) is 0 Å². The fraction of sp³-hybridized carbons (Fsp3) is 0.529. The van der Waals surface area contributed by atoms with Crippen molar-refractivity contribution in [1.82, 2.24) is 9.80 Å². The molecule has 1 unspecified atom stereocenters. The molecule has 2 fully saturated rings. The van der Waals surface area contributed by atoms with E-state index in [4.69, 9.17) is 11.5 Å². The minimum atomic E-state index is -1.26. The number of benzene rings is 1. The summed E-state index contributed by atoms with van der Waals surface area (Å²) in [4.78, 5) is 27.1. The highest BCUT2D eigenvalue weighted by Gasteiger charge is 2.44. The summed E-state index contributed by atoms with van der Waals surface area (Å²) in [5.41, 5.74) is 11.2. The number of nitrogens with two attached hydrogens (primary N) is 2. The molecule has 0 spiro atoms. The minimum absolute atomic E-state index is 0.0434. The molecular formula is C17H21F3N4O2. The van der Waals surface area contributed by atoms with Crippen molar-refractivity contribution in [3.63, 3.8) is 0 Å². The summed E-state index contributed by atoms with van der Waals surface area (Å²) >= 11 is 0. The highest BCUT2D eigenvalue weighted by molar-refractivity contribution is 5.78. The van der Waals surface area contributed by atoms with Gasteiger partial charge in [0.25, 0.3) is 0 Å². The zero-order valence-corrected chi connectivity index (χ0v) is 14.1. The van der Waals surface area contributed by atoms with Gasteiger partial charge in [-0.1, -0.05) is 0 Å². The molecule has 1 aromatic carbocycles. The quantitative estimate of drug-likeness (QED) is 0.774. The third-order valence-electron chi connectivity index (χ3n) is 5.19. The van der Waals surface area contributed by atoms with Gasteiger partial charge in [0.2, 0.25) is 5.91 Å². The number of halogens is 3. The fourth-order valence-corrected chi connectivity index (χ4v) is 3.87. The molecule has 3 atom stereocenters. The van der Waals surface area contributed by atoms with E-state index in [1.54, 1.807) is 4.90 Å². The Morgan fingerprint density at radius 2 is 1.85 bits per heavy atom. The SMILES string of the molecule is NC(=O)N1C[C@@H]2CCN(C(=O)CC(N)Cc3cc(F)c(F)cc3F)[C@@H]2C1. The van der Waals surface area contributed by atoms with Crippen LogP contribution in [0.3, 0.4) is 0 Å². The summed E-state index contributed by atoms with van der Waals surface area (Å²) < 4.78 is 40.0. The molecule has 4 N–H and O–H groups in total. The lowest BCUT2D eigenvalue weighted by Gasteiger charge is -2.26. The van der Waals surface area contributed by atoms with Crippen molar-refractivity contribution in [2.75, 3.05) is 19.6 Å². The second-order valence-electron chi connectivity index (χ2n) is 6.97. The first-order chi connectivity index (χ1) is 12.3. The fourth-order valence-electron chi connectivity index (χ4n) is 3.87. The van der Waals surface area contributed by atoms with E-state index >= 15 is 0 Å². The van der Waals surface area contributed by atoms with Gasteiger partial charge in [-0.25, -0.2) is 18.0 Å². The predicted octanol–water partition coefficient (Wildman–Crippen LogP) is 0.975. The van der Waals surface area contributed by atoms with Crippen LogP contribution in [-0.2, 0) is 11.2 Å². The molecule has 0 saturated carbocycles. The Kier molecular flexibility index (Phi) is 5.08. The number of hydrogen-bond donors (Lipinski definition) is 2. The van der Waals surface area contributed by atoms with Gasteiger partial charge in [-0.05, 0) is 24.5 Å². The second-order valence-corrected chi connectivity index (χ2v) is 6.97. The first-order valence-corrected chi connectivity index (χ1v) is 8.49. The van der Waals surface area contributed by atoms with Crippen LogP contribution in [0.5, 0.6) is 0 Å². The van der Waals surface area contributed by atoms with E-state index in [9.17, 15) is 22.8 Å². The van der Waals surface area contributed by atoms with Crippen molar-refractivity contribution in [2.45, 2.75) is 31.3 Å². The third-order valence-corrected chi connectivity index (χ3v) is 5.19. The van der Waals surface area contributed by atoms with E-state index in [0.717, 1.165) is 12.5 Å². The van der Waals surface area contributed by atoms with Crippen LogP contribution in [0, 0.1) is 23.4 Å². The van der Waals surface area contributed by atoms with Gasteiger partial charge in [0.1, 0.15) is 5.82 Å². The standard InChI is InChI=1S/C17H21F3N4O2/c18-12-6-14(20)13(19)4-10(12)3-11(21)5-16(25)24-2-1-9-7-23(17(22)26)8-15(9)24/h4,6,9,11,15H,1-3,5,7-8,21H2,(H2,22,26)/t9-,11?,15+/m0/s1. The summed E-state index contributed by atoms with van der Waals surface area (Å²) in [5, 5.41) is 0. The third kappa shape index (κ3) is 3.62. The van der Waals surface area contributed by atoms with Gasteiger partial charge in [0, 0.05) is 44.1 Å². The maximum atomic E-state index is 13.7. The molecule has 2 saturated heterocycles. The van der Waals surface area contributed by atoms with Crippen molar-refractivity contribution in [1.29, 1.82) is 0 Å². The average Bonchev–Trinajstić information content (AvgIpc) is 3.12. The lowest BCUT2D eigenvalue weighted by molar-refractivity contribution is -0.132. The maximum absolute atomic E-state index is 13.7. The number of hydrogen-bond acceptors (Lipinski definition) is 3. The Morgan fingerprint density at radius 1 is 1.15 bits per heavy atom. The van der Waals surface area contributed by atoms with Crippen LogP contribution >= 0.6 is 0 Å². The Labute approximate surface area is 148 Å². The molecule has 6 nitrogen and oxygen atoms in total. The molecule has 0 aliphatic carbocycles.